The molecule has 2 aromatic carbocycles. The molecule has 1 aliphatic rings. The van der Waals surface area contributed by atoms with E-state index in [0.29, 0.717) is 5.56 Å². The molecule has 1 atom stereocenters. The molecule has 0 bridgehead atoms. The van der Waals surface area contributed by atoms with E-state index in [2.05, 4.69) is 35.9 Å². The zero-order chi connectivity index (χ0) is 16.2. The smallest absolute Gasteiger partial charge is 0.253 e. The van der Waals surface area contributed by atoms with Crippen molar-refractivity contribution in [2.75, 3.05) is 18.4 Å². The van der Waals surface area contributed by atoms with E-state index in [4.69, 9.17) is 0 Å². The normalized spacial score (nSPS) is 15.7. The molecular weight excluding hydrogens is 357 g/mol. The van der Waals surface area contributed by atoms with Crippen LogP contribution in [-0.4, -0.2) is 25.0 Å². The largest absolute Gasteiger partial charge is 0.355 e. The minimum atomic E-state index is -0.0212. The SMILES string of the molecule is Cc1cccc(Nc2ccccc2C(=O)NC2CCNC2)c1C.Cl.Cl. The van der Waals surface area contributed by atoms with Crippen LogP contribution in [0.5, 0.6) is 0 Å². The molecule has 2 aromatic rings. The number of benzene rings is 2. The second-order valence-corrected chi connectivity index (χ2v) is 6.08. The Kier molecular flexibility index (Phi) is 8.23. The molecule has 1 saturated heterocycles. The molecule has 136 valence electrons. The fourth-order valence-corrected chi connectivity index (χ4v) is 2.86. The lowest BCUT2D eigenvalue weighted by Crippen LogP contribution is -2.36. The van der Waals surface area contributed by atoms with Crippen molar-refractivity contribution in [3.8, 4) is 0 Å². The lowest BCUT2D eigenvalue weighted by Gasteiger charge is -2.16. The van der Waals surface area contributed by atoms with Gasteiger partial charge < -0.3 is 16.0 Å². The standard InChI is InChI=1S/C19H23N3O.2ClH/c1-13-6-5-9-17(14(13)2)22-18-8-4-3-7-16(18)19(23)21-15-10-11-20-12-15;;/h3-9,15,20,22H,10-12H2,1-2H3,(H,21,23);2*1H. The van der Waals surface area contributed by atoms with E-state index in [1.165, 1.54) is 11.1 Å². The van der Waals surface area contributed by atoms with Crippen molar-refractivity contribution in [2.24, 2.45) is 0 Å². The van der Waals surface area contributed by atoms with Gasteiger partial charge in [0.15, 0.2) is 0 Å². The maximum absolute atomic E-state index is 12.6. The molecule has 0 spiro atoms. The molecule has 1 aliphatic heterocycles. The highest BCUT2D eigenvalue weighted by Gasteiger charge is 2.19. The molecule has 0 aromatic heterocycles. The summed E-state index contributed by atoms with van der Waals surface area (Å²) < 4.78 is 0. The summed E-state index contributed by atoms with van der Waals surface area (Å²) in [5.41, 5.74) is 4.98. The maximum Gasteiger partial charge on any atom is 0.253 e. The molecular formula is C19H25Cl2N3O. The Bertz CT molecular complexity index is 716. The summed E-state index contributed by atoms with van der Waals surface area (Å²) in [6.07, 6.45) is 0.984. The molecule has 1 unspecified atom stereocenters. The summed E-state index contributed by atoms with van der Waals surface area (Å²) in [6.45, 7) is 5.99. The summed E-state index contributed by atoms with van der Waals surface area (Å²) in [6, 6.07) is 14.0. The first kappa shape index (κ1) is 21.3. The van der Waals surface area contributed by atoms with Gasteiger partial charge in [0.05, 0.1) is 11.3 Å². The average Bonchev–Trinajstić information content (AvgIpc) is 3.05. The molecule has 0 saturated carbocycles. The van der Waals surface area contributed by atoms with Crippen LogP contribution in [0.4, 0.5) is 11.4 Å². The predicted octanol–water partition coefficient (Wildman–Crippen LogP) is 3.98. The molecule has 0 radical (unpaired) electrons. The zero-order valence-electron chi connectivity index (χ0n) is 14.5. The molecule has 25 heavy (non-hydrogen) atoms. The molecule has 4 nitrogen and oxygen atoms in total. The fourth-order valence-electron chi connectivity index (χ4n) is 2.86. The fraction of sp³-hybridized carbons (Fsp3) is 0.316. The van der Waals surface area contributed by atoms with Crippen molar-refractivity contribution < 1.29 is 4.79 Å². The summed E-state index contributed by atoms with van der Waals surface area (Å²) in [7, 11) is 0. The predicted molar refractivity (Wildman–Crippen MR) is 109 cm³/mol. The van der Waals surface area contributed by atoms with Gasteiger partial charge in [0.1, 0.15) is 0 Å². The molecule has 3 N–H and O–H groups in total. The molecule has 6 heteroatoms. The van der Waals surface area contributed by atoms with E-state index in [1.807, 2.05) is 36.4 Å². The van der Waals surface area contributed by atoms with Crippen molar-refractivity contribution in [3.63, 3.8) is 0 Å². The second kappa shape index (κ2) is 9.66. The third-order valence-corrected chi connectivity index (χ3v) is 4.44. The van der Waals surface area contributed by atoms with Crippen LogP contribution in [0.2, 0.25) is 0 Å². The van der Waals surface area contributed by atoms with Gasteiger partial charge in [-0.15, -0.1) is 24.8 Å². The van der Waals surface area contributed by atoms with Crippen molar-refractivity contribution in [1.29, 1.82) is 0 Å². The minimum Gasteiger partial charge on any atom is -0.355 e. The third kappa shape index (κ3) is 5.11. The van der Waals surface area contributed by atoms with E-state index >= 15 is 0 Å². The molecule has 1 amide bonds. The first-order valence-electron chi connectivity index (χ1n) is 8.09. The number of aryl methyl sites for hydroxylation is 1. The van der Waals surface area contributed by atoms with Crippen LogP contribution in [0.1, 0.15) is 27.9 Å². The summed E-state index contributed by atoms with van der Waals surface area (Å²) >= 11 is 0. The highest BCUT2D eigenvalue weighted by atomic mass is 35.5. The number of para-hydroxylation sites is 1. The topological polar surface area (TPSA) is 53.2 Å². The molecule has 3 rings (SSSR count). The van der Waals surface area contributed by atoms with E-state index in [1.54, 1.807) is 0 Å². The number of carbonyl (C=O) groups is 1. The molecule has 0 aliphatic carbocycles. The first-order valence-corrected chi connectivity index (χ1v) is 8.09. The van der Waals surface area contributed by atoms with Crippen LogP contribution < -0.4 is 16.0 Å². The Morgan fingerprint density at radius 3 is 2.48 bits per heavy atom. The van der Waals surface area contributed by atoms with E-state index in [0.717, 1.165) is 30.9 Å². The van der Waals surface area contributed by atoms with Crippen LogP contribution in [0.15, 0.2) is 42.5 Å². The van der Waals surface area contributed by atoms with Gasteiger partial charge in [-0.05, 0) is 56.1 Å². The Balaban J connectivity index is 0.00000156. The Hall–Kier alpha value is -1.75. The van der Waals surface area contributed by atoms with Gasteiger partial charge in [-0.3, -0.25) is 4.79 Å². The van der Waals surface area contributed by atoms with E-state index in [-0.39, 0.29) is 36.8 Å². The monoisotopic (exact) mass is 381 g/mol. The van der Waals surface area contributed by atoms with Gasteiger partial charge in [-0.1, -0.05) is 24.3 Å². The number of rotatable bonds is 4. The lowest BCUT2D eigenvalue weighted by atomic mass is 10.1. The molecule has 1 fully saturated rings. The Labute approximate surface area is 161 Å². The second-order valence-electron chi connectivity index (χ2n) is 6.08. The van der Waals surface area contributed by atoms with Gasteiger partial charge in [-0.25, -0.2) is 0 Å². The molecule has 1 heterocycles. The van der Waals surface area contributed by atoms with Crippen LogP contribution in [0.25, 0.3) is 0 Å². The van der Waals surface area contributed by atoms with E-state index < -0.39 is 0 Å². The number of halogens is 2. The van der Waals surface area contributed by atoms with Crippen molar-refractivity contribution in [3.05, 3.63) is 59.2 Å². The van der Waals surface area contributed by atoms with Gasteiger partial charge in [-0.2, -0.15) is 0 Å². The van der Waals surface area contributed by atoms with Crippen LogP contribution in [0, 0.1) is 13.8 Å². The average molecular weight is 382 g/mol. The summed E-state index contributed by atoms with van der Waals surface area (Å²) in [5, 5.41) is 9.78. The number of amides is 1. The van der Waals surface area contributed by atoms with Crippen molar-refractivity contribution >= 4 is 42.1 Å². The number of hydrogen-bond donors (Lipinski definition) is 3. The van der Waals surface area contributed by atoms with Gasteiger partial charge in [0, 0.05) is 18.3 Å². The third-order valence-electron chi connectivity index (χ3n) is 4.44. The van der Waals surface area contributed by atoms with Crippen LogP contribution in [-0.2, 0) is 0 Å². The van der Waals surface area contributed by atoms with E-state index in [9.17, 15) is 4.79 Å². The van der Waals surface area contributed by atoms with Gasteiger partial charge in [0.25, 0.3) is 5.91 Å². The van der Waals surface area contributed by atoms with Crippen molar-refractivity contribution in [1.82, 2.24) is 10.6 Å². The Morgan fingerprint density at radius 1 is 1.04 bits per heavy atom. The Morgan fingerprint density at radius 2 is 1.76 bits per heavy atom. The van der Waals surface area contributed by atoms with Crippen molar-refractivity contribution in [2.45, 2.75) is 26.3 Å². The summed E-state index contributed by atoms with van der Waals surface area (Å²) in [4.78, 5) is 12.6. The number of anilines is 2. The van der Waals surface area contributed by atoms with Gasteiger partial charge >= 0.3 is 0 Å². The highest BCUT2D eigenvalue weighted by Crippen LogP contribution is 2.25. The number of nitrogens with one attached hydrogen (secondary N) is 3. The zero-order valence-corrected chi connectivity index (χ0v) is 16.1. The van der Waals surface area contributed by atoms with Gasteiger partial charge in [0.2, 0.25) is 0 Å². The number of hydrogen-bond acceptors (Lipinski definition) is 3. The van der Waals surface area contributed by atoms with Crippen LogP contribution >= 0.6 is 24.8 Å². The lowest BCUT2D eigenvalue weighted by molar-refractivity contribution is 0.0941. The number of carbonyl (C=O) groups excluding carboxylic acids is 1. The minimum absolute atomic E-state index is 0. The maximum atomic E-state index is 12.6. The quantitative estimate of drug-likeness (QED) is 0.750. The van der Waals surface area contributed by atoms with Crippen LogP contribution in [0.3, 0.4) is 0 Å². The highest BCUT2D eigenvalue weighted by molar-refractivity contribution is 6.00. The first-order chi connectivity index (χ1) is 11.1. The summed E-state index contributed by atoms with van der Waals surface area (Å²) in [5.74, 6) is -0.0212.